The third-order valence-electron chi connectivity index (χ3n) is 2.28. The third-order valence-corrected chi connectivity index (χ3v) is 2.28. The van der Waals surface area contributed by atoms with Crippen molar-refractivity contribution in [1.82, 2.24) is 0 Å². The zero-order valence-electron chi connectivity index (χ0n) is 10.5. The van der Waals surface area contributed by atoms with Gasteiger partial charge in [0.25, 0.3) is 0 Å². The Morgan fingerprint density at radius 1 is 0.889 bits per heavy atom. The summed E-state index contributed by atoms with van der Waals surface area (Å²) in [6, 6.07) is 0. The van der Waals surface area contributed by atoms with Gasteiger partial charge in [0, 0.05) is 27.2 Å². The summed E-state index contributed by atoms with van der Waals surface area (Å²) < 4.78 is 15.1. The average Bonchev–Trinajstić information content (AvgIpc) is 2.19. The molecule has 0 aliphatic heterocycles. The van der Waals surface area contributed by atoms with Gasteiger partial charge in [-0.2, -0.15) is 0 Å². The summed E-state index contributed by atoms with van der Waals surface area (Å²) in [4.78, 5) is 32.7. The minimum atomic E-state index is -0.641. The topological polar surface area (TPSA) is 78.9 Å². The first-order valence-corrected chi connectivity index (χ1v) is 5.58. The SMILES string of the molecule is CC(=O)O[C@@H]1C=C[C@H](OC(C)=O)[C@@H](OC(C)=O)C1. The van der Waals surface area contributed by atoms with E-state index in [1.165, 1.54) is 20.8 Å². The maximum atomic E-state index is 11.0. The quantitative estimate of drug-likeness (QED) is 0.421. The minimum absolute atomic E-state index is 0.271. The number of ether oxygens (including phenoxy) is 3. The van der Waals surface area contributed by atoms with Crippen LogP contribution in [0.4, 0.5) is 0 Å². The first-order chi connectivity index (χ1) is 8.38. The molecule has 100 valence electrons. The van der Waals surface area contributed by atoms with Crippen LogP contribution in [0.15, 0.2) is 12.2 Å². The molecule has 0 saturated carbocycles. The van der Waals surface area contributed by atoms with Crippen LogP contribution < -0.4 is 0 Å². The van der Waals surface area contributed by atoms with Gasteiger partial charge in [0.15, 0.2) is 6.10 Å². The standard InChI is InChI=1S/C12H16O6/c1-7(13)16-10-4-5-11(17-8(2)14)12(6-10)18-9(3)15/h4-5,10-12H,6H2,1-3H3/t10-,11+,12+/m1/s1. The van der Waals surface area contributed by atoms with Crippen molar-refractivity contribution in [2.24, 2.45) is 0 Å². The minimum Gasteiger partial charge on any atom is -0.458 e. The molecule has 18 heavy (non-hydrogen) atoms. The van der Waals surface area contributed by atoms with Crippen molar-refractivity contribution in [3.8, 4) is 0 Å². The molecule has 0 bridgehead atoms. The van der Waals surface area contributed by atoms with Crippen molar-refractivity contribution >= 4 is 17.9 Å². The first kappa shape index (κ1) is 14.2. The van der Waals surface area contributed by atoms with Crippen molar-refractivity contribution < 1.29 is 28.6 Å². The average molecular weight is 256 g/mol. The van der Waals surface area contributed by atoms with Crippen molar-refractivity contribution in [1.29, 1.82) is 0 Å². The van der Waals surface area contributed by atoms with E-state index in [9.17, 15) is 14.4 Å². The van der Waals surface area contributed by atoms with Crippen molar-refractivity contribution in [2.75, 3.05) is 0 Å². The molecular weight excluding hydrogens is 240 g/mol. The molecule has 0 N–H and O–H groups in total. The van der Waals surface area contributed by atoms with Crippen molar-refractivity contribution in [3.05, 3.63) is 12.2 Å². The number of rotatable bonds is 3. The van der Waals surface area contributed by atoms with Crippen LogP contribution in [0.1, 0.15) is 27.2 Å². The summed E-state index contributed by atoms with van der Waals surface area (Å²) in [5, 5.41) is 0. The summed E-state index contributed by atoms with van der Waals surface area (Å²) in [6.45, 7) is 3.84. The second kappa shape index (κ2) is 6.18. The molecule has 3 atom stereocenters. The molecule has 6 nitrogen and oxygen atoms in total. The van der Waals surface area contributed by atoms with E-state index in [0.717, 1.165) is 0 Å². The smallest absolute Gasteiger partial charge is 0.303 e. The Labute approximate surface area is 105 Å². The molecule has 0 aromatic rings. The maximum Gasteiger partial charge on any atom is 0.303 e. The summed E-state index contributed by atoms with van der Waals surface area (Å²) in [7, 11) is 0. The maximum absolute atomic E-state index is 11.0. The van der Waals surface area contributed by atoms with Gasteiger partial charge in [-0.05, 0) is 12.2 Å². The van der Waals surface area contributed by atoms with Gasteiger partial charge in [0.2, 0.25) is 0 Å². The molecule has 0 aromatic carbocycles. The molecule has 0 saturated heterocycles. The largest absolute Gasteiger partial charge is 0.458 e. The van der Waals surface area contributed by atoms with E-state index >= 15 is 0 Å². The van der Waals surface area contributed by atoms with Crippen LogP contribution >= 0.6 is 0 Å². The van der Waals surface area contributed by atoms with Crippen molar-refractivity contribution in [2.45, 2.75) is 45.5 Å². The fraction of sp³-hybridized carbons (Fsp3) is 0.583. The highest BCUT2D eigenvalue weighted by Crippen LogP contribution is 2.21. The zero-order chi connectivity index (χ0) is 13.7. The Balaban J connectivity index is 2.73. The van der Waals surface area contributed by atoms with E-state index in [4.69, 9.17) is 14.2 Å². The molecule has 0 radical (unpaired) electrons. The van der Waals surface area contributed by atoms with Gasteiger partial charge in [-0.15, -0.1) is 0 Å². The van der Waals surface area contributed by atoms with Crippen LogP contribution in [0.3, 0.4) is 0 Å². The van der Waals surface area contributed by atoms with E-state index < -0.39 is 36.2 Å². The van der Waals surface area contributed by atoms with Gasteiger partial charge in [-0.1, -0.05) is 0 Å². The third kappa shape index (κ3) is 4.57. The van der Waals surface area contributed by atoms with E-state index in [1.54, 1.807) is 12.2 Å². The van der Waals surface area contributed by atoms with Gasteiger partial charge in [-0.25, -0.2) is 0 Å². The second-order valence-corrected chi connectivity index (χ2v) is 3.99. The normalized spacial score (nSPS) is 26.3. The summed E-state index contributed by atoms with van der Waals surface area (Å²) >= 11 is 0. The van der Waals surface area contributed by atoms with Gasteiger partial charge < -0.3 is 14.2 Å². The second-order valence-electron chi connectivity index (χ2n) is 3.99. The molecule has 0 fully saturated rings. The van der Waals surface area contributed by atoms with E-state index in [-0.39, 0.29) is 6.42 Å². The fourth-order valence-corrected chi connectivity index (χ4v) is 1.73. The van der Waals surface area contributed by atoms with E-state index in [0.29, 0.717) is 0 Å². The first-order valence-electron chi connectivity index (χ1n) is 5.58. The van der Waals surface area contributed by atoms with Gasteiger partial charge >= 0.3 is 17.9 Å². The number of carbonyl (C=O) groups is 3. The summed E-state index contributed by atoms with van der Waals surface area (Å²) in [6.07, 6.45) is 1.70. The lowest BCUT2D eigenvalue weighted by atomic mass is 9.99. The molecule has 0 unspecified atom stereocenters. The Kier molecular flexibility index (Phi) is 4.88. The zero-order valence-corrected chi connectivity index (χ0v) is 10.5. The van der Waals surface area contributed by atoms with Crippen LogP contribution in [0.5, 0.6) is 0 Å². The molecule has 1 rings (SSSR count). The Hall–Kier alpha value is -1.85. The lowest BCUT2D eigenvalue weighted by Crippen LogP contribution is -2.39. The molecule has 0 spiro atoms. The molecule has 0 heterocycles. The number of hydrogen-bond donors (Lipinski definition) is 0. The predicted octanol–water partition coefficient (Wildman–Crippen LogP) is 0.741. The van der Waals surface area contributed by atoms with Crippen molar-refractivity contribution in [3.63, 3.8) is 0 Å². The molecule has 1 aliphatic rings. The predicted molar refractivity (Wildman–Crippen MR) is 60.4 cm³/mol. The molecule has 0 amide bonds. The van der Waals surface area contributed by atoms with Crippen LogP contribution in [0, 0.1) is 0 Å². The number of hydrogen-bond acceptors (Lipinski definition) is 6. The monoisotopic (exact) mass is 256 g/mol. The number of esters is 3. The lowest BCUT2D eigenvalue weighted by molar-refractivity contribution is -0.166. The molecule has 0 aromatic heterocycles. The Morgan fingerprint density at radius 3 is 1.94 bits per heavy atom. The van der Waals surface area contributed by atoms with Gasteiger partial charge in [0.1, 0.15) is 12.2 Å². The fourth-order valence-electron chi connectivity index (χ4n) is 1.73. The highest BCUT2D eigenvalue weighted by Gasteiger charge is 2.32. The molecule has 1 aliphatic carbocycles. The Bertz CT molecular complexity index is 373. The van der Waals surface area contributed by atoms with E-state index in [1.807, 2.05) is 0 Å². The van der Waals surface area contributed by atoms with E-state index in [2.05, 4.69) is 0 Å². The lowest BCUT2D eigenvalue weighted by Gasteiger charge is -2.30. The van der Waals surface area contributed by atoms with Crippen LogP contribution in [0.2, 0.25) is 0 Å². The number of carbonyl (C=O) groups excluding carboxylic acids is 3. The van der Waals surface area contributed by atoms with Crippen LogP contribution in [-0.4, -0.2) is 36.2 Å². The Morgan fingerprint density at radius 2 is 1.44 bits per heavy atom. The highest BCUT2D eigenvalue weighted by molar-refractivity contribution is 5.68. The van der Waals surface area contributed by atoms with Crippen LogP contribution in [-0.2, 0) is 28.6 Å². The van der Waals surface area contributed by atoms with Crippen LogP contribution in [0.25, 0.3) is 0 Å². The van der Waals surface area contributed by atoms with Gasteiger partial charge in [-0.3, -0.25) is 14.4 Å². The molecule has 6 heteroatoms. The summed E-state index contributed by atoms with van der Waals surface area (Å²) in [5.41, 5.74) is 0. The van der Waals surface area contributed by atoms with Gasteiger partial charge in [0.05, 0.1) is 0 Å². The summed E-state index contributed by atoms with van der Waals surface area (Å²) in [5.74, 6) is -1.36. The highest BCUT2D eigenvalue weighted by atomic mass is 16.6. The molecular formula is C12H16O6.